The first-order valence-electron chi connectivity index (χ1n) is 9.25. The quantitative estimate of drug-likeness (QED) is 0.484. The number of hydrogen-bond acceptors (Lipinski definition) is 5. The van der Waals surface area contributed by atoms with Gasteiger partial charge in [0, 0.05) is 29.9 Å². The Bertz CT molecular complexity index is 1040. The molecule has 146 valence electrons. The van der Waals surface area contributed by atoms with Gasteiger partial charge in [0.15, 0.2) is 0 Å². The third kappa shape index (κ3) is 5.08. The van der Waals surface area contributed by atoms with Crippen LogP contribution in [0.3, 0.4) is 0 Å². The lowest BCUT2D eigenvalue weighted by molar-refractivity contribution is 0.0953. The van der Waals surface area contributed by atoms with Crippen molar-refractivity contribution in [2.24, 2.45) is 0 Å². The minimum Gasteiger partial charge on any atom is -0.487 e. The molecule has 2 aromatic carbocycles. The predicted molar refractivity (Wildman–Crippen MR) is 112 cm³/mol. The largest absolute Gasteiger partial charge is 0.487 e. The molecule has 7 heteroatoms. The van der Waals surface area contributed by atoms with Gasteiger partial charge in [-0.25, -0.2) is 9.67 Å². The highest BCUT2D eigenvalue weighted by Crippen LogP contribution is 2.15. The molecule has 0 aliphatic rings. The fourth-order valence-electron chi connectivity index (χ4n) is 2.85. The average Bonchev–Trinajstić information content (AvgIpc) is 3.47. The van der Waals surface area contributed by atoms with Crippen molar-refractivity contribution in [2.45, 2.75) is 13.0 Å². The maximum Gasteiger partial charge on any atom is 0.251 e. The monoisotopic (exact) mass is 404 g/mol. The molecule has 0 aliphatic heterocycles. The smallest absolute Gasteiger partial charge is 0.251 e. The Morgan fingerprint density at radius 3 is 2.79 bits per heavy atom. The highest BCUT2D eigenvalue weighted by molar-refractivity contribution is 7.07. The van der Waals surface area contributed by atoms with Crippen LogP contribution >= 0.6 is 11.3 Å². The van der Waals surface area contributed by atoms with Crippen LogP contribution in [0.4, 0.5) is 0 Å². The number of thiazole rings is 1. The number of ether oxygens (including phenoxy) is 1. The Kier molecular flexibility index (Phi) is 5.97. The van der Waals surface area contributed by atoms with E-state index in [2.05, 4.69) is 27.5 Å². The number of benzene rings is 2. The predicted octanol–water partition coefficient (Wildman–Crippen LogP) is 3.88. The Balaban J connectivity index is 1.27. The topological polar surface area (TPSA) is 69.0 Å². The second kappa shape index (κ2) is 9.16. The molecular formula is C22H20N4O2S. The summed E-state index contributed by atoms with van der Waals surface area (Å²) in [5, 5.41) is 9.12. The first-order chi connectivity index (χ1) is 14.3. The minimum atomic E-state index is -0.114. The van der Waals surface area contributed by atoms with Gasteiger partial charge in [-0.15, -0.1) is 11.3 Å². The van der Waals surface area contributed by atoms with E-state index >= 15 is 0 Å². The summed E-state index contributed by atoms with van der Waals surface area (Å²) in [6.07, 6.45) is 4.41. The van der Waals surface area contributed by atoms with Crippen molar-refractivity contribution < 1.29 is 9.53 Å². The van der Waals surface area contributed by atoms with Crippen LogP contribution in [-0.2, 0) is 13.0 Å². The van der Waals surface area contributed by atoms with Gasteiger partial charge in [-0.1, -0.05) is 18.2 Å². The number of carbonyl (C=O) groups excluding carboxylic acids is 1. The molecule has 2 heterocycles. The third-order valence-electron chi connectivity index (χ3n) is 4.37. The highest BCUT2D eigenvalue weighted by atomic mass is 32.1. The van der Waals surface area contributed by atoms with Gasteiger partial charge in [-0.3, -0.25) is 4.79 Å². The molecule has 4 aromatic rings. The number of amides is 1. The van der Waals surface area contributed by atoms with Crippen molar-refractivity contribution in [3.63, 3.8) is 0 Å². The van der Waals surface area contributed by atoms with Gasteiger partial charge in [0.25, 0.3) is 5.91 Å². The molecule has 0 saturated heterocycles. The Morgan fingerprint density at radius 1 is 1.14 bits per heavy atom. The van der Waals surface area contributed by atoms with Crippen molar-refractivity contribution in [2.75, 3.05) is 6.54 Å². The zero-order valence-electron chi connectivity index (χ0n) is 15.7. The van der Waals surface area contributed by atoms with Gasteiger partial charge < -0.3 is 10.1 Å². The normalized spacial score (nSPS) is 10.6. The van der Waals surface area contributed by atoms with E-state index in [0.29, 0.717) is 24.5 Å². The lowest BCUT2D eigenvalue weighted by Gasteiger charge is -2.09. The Hall–Kier alpha value is -3.45. The van der Waals surface area contributed by atoms with Crippen molar-refractivity contribution in [1.29, 1.82) is 0 Å². The molecule has 0 fully saturated rings. The SMILES string of the molecule is O=C(NCCc1ccc(-n2cccn2)cc1)c1cccc(OCc2cscn2)c1. The number of rotatable bonds is 8. The van der Waals surface area contributed by atoms with Crippen LogP contribution in [0.5, 0.6) is 5.75 Å². The summed E-state index contributed by atoms with van der Waals surface area (Å²) >= 11 is 1.53. The molecule has 6 nitrogen and oxygen atoms in total. The molecule has 0 unspecified atom stereocenters. The van der Waals surface area contributed by atoms with Crippen molar-refractivity contribution in [3.8, 4) is 11.4 Å². The van der Waals surface area contributed by atoms with Crippen molar-refractivity contribution in [3.05, 3.63) is 94.7 Å². The fourth-order valence-corrected chi connectivity index (χ4v) is 3.40. The molecular weight excluding hydrogens is 384 g/mol. The maximum absolute atomic E-state index is 12.4. The molecule has 0 spiro atoms. The van der Waals surface area contributed by atoms with Crippen LogP contribution in [0.1, 0.15) is 21.6 Å². The molecule has 0 radical (unpaired) electrons. The minimum absolute atomic E-state index is 0.114. The van der Waals surface area contributed by atoms with E-state index in [0.717, 1.165) is 23.4 Å². The van der Waals surface area contributed by atoms with Crippen molar-refractivity contribution >= 4 is 17.2 Å². The van der Waals surface area contributed by atoms with Gasteiger partial charge in [0.1, 0.15) is 12.4 Å². The van der Waals surface area contributed by atoms with E-state index in [1.807, 2.05) is 46.6 Å². The van der Waals surface area contributed by atoms with E-state index in [9.17, 15) is 4.79 Å². The first kappa shape index (κ1) is 18.9. The molecule has 2 aromatic heterocycles. The van der Waals surface area contributed by atoms with Crippen LogP contribution in [0.15, 0.2) is 77.9 Å². The van der Waals surface area contributed by atoms with Crippen LogP contribution in [0.2, 0.25) is 0 Å². The second-order valence-corrected chi connectivity index (χ2v) is 7.14. The molecule has 4 rings (SSSR count). The summed E-state index contributed by atoms with van der Waals surface area (Å²) in [5.41, 5.74) is 5.39. The number of carbonyl (C=O) groups is 1. The fraction of sp³-hybridized carbons (Fsp3) is 0.136. The zero-order chi connectivity index (χ0) is 19.9. The summed E-state index contributed by atoms with van der Waals surface area (Å²) in [5.74, 6) is 0.539. The summed E-state index contributed by atoms with van der Waals surface area (Å²) < 4.78 is 7.53. The highest BCUT2D eigenvalue weighted by Gasteiger charge is 2.07. The molecule has 1 N–H and O–H groups in total. The van der Waals surface area contributed by atoms with Gasteiger partial charge >= 0.3 is 0 Å². The summed E-state index contributed by atoms with van der Waals surface area (Å²) in [6, 6.07) is 17.2. The average molecular weight is 404 g/mol. The standard InChI is InChI=1S/C22H20N4O2S/c27-22(18-3-1-4-21(13-18)28-14-19-15-29-16-24-19)23-11-9-17-5-7-20(8-6-17)26-12-2-10-25-26/h1-8,10,12-13,15-16H,9,11,14H2,(H,23,27). The summed E-state index contributed by atoms with van der Waals surface area (Å²) in [4.78, 5) is 16.6. The lowest BCUT2D eigenvalue weighted by Crippen LogP contribution is -2.25. The van der Waals surface area contributed by atoms with Crippen LogP contribution in [0.25, 0.3) is 5.69 Å². The Labute approximate surface area is 172 Å². The van der Waals surface area contributed by atoms with Gasteiger partial charge in [0.2, 0.25) is 0 Å². The number of hydrogen-bond donors (Lipinski definition) is 1. The summed E-state index contributed by atoms with van der Waals surface area (Å²) in [7, 11) is 0. The van der Waals surface area contributed by atoms with E-state index in [1.165, 1.54) is 11.3 Å². The van der Waals surface area contributed by atoms with E-state index in [-0.39, 0.29) is 5.91 Å². The molecule has 0 bridgehead atoms. The van der Waals surface area contributed by atoms with Crippen LogP contribution < -0.4 is 10.1 Å². The number of nitrogens with one attached hydrogen (secondary N) is 1. The molecule has 0 aliphatic carbocycles. The maximum atomic E-state index is 12.4. The second-order valence-electron chi connectivity index (χ2n) is 6.42. The molecule has 0 atom stereocenters. The first-order valence-corrected chi connectivity index (χ1v) is 10.2. The van der Waals surface area contributed by atoms with E-state index in [1.54, 1.807) is 23.8 Å². The zero-order valence-corrected chi connectivity index (χ0v) is 16.5. The van der Waals surface area contributed by atoms with Gasteiger partial charge in [-0.05, 0) is 48.4 Å². The Morgan fingerprint density at radius 2 is 2.03 bits per heavy atom. The lowest BCUT2D eigenvalue weighted by atomic mass is 10.1. The number of nitrogens with zero attached hydrogens (tertiary/aromatic N) is 3. The van der Waals surface area contributed by atoms with Crippen LogP contribution in [-0.4, -0.2) is 27.2 Å². The van der Waals surface area contributed by atoms with Crippen LogP contribution in [0, 0.1) is 0 Å². The molecule has 0 saturated carbocycles. The van der Waals surface area contributed by atoms with Gasteiger partial charge in [-0.2, -0.15) is 5.10 Å². The van der Waals surface area contributed by atoms with Gasteiger partial charge in [0.05, 0.1) is 16.9 Å². The van der Waals surface area contributed by atoms with E-state index in [4.69, 9.17) is 4.74 Å². The van der Waals surface area contributed by atoms with Crippen molar-refractivity contribution in [1.82, 2.24) is 20.1 Å². The van der Waals surface area contributed by atoms with E-state index < -0.39 is 0 Å². The summed E-state index contributed by atoms with van der Waals surface area (Å²) in [6.45, 7) is 0.951. The number of aromatic nitrogens is 3. The third-order valence-corrected chi connectivity index (χ3v) is 5.01. The molecule has 1 amide bonds. The molecule has 29 heavy (non-hydrogen) atoms.